The molecule has 2 heteroatoms. The van der Waals surface area contributed by atoms with Crippen LogP contribution in [-0.2, 0) is 0 Å². The van der Waals surface area contributed by atoms with Crippen molar-refractivity contribution in [3.05, 3.63) is 22.3 Å². The zero-order valence-electron chi connectivity index (χ0n) is 8.02. The van der Waals surface area contributed by atoms with Crippen LogP contribution in [0.1, 0.15) is 22.3 Å². The normalized spacial score (nSPS) is 10.3. The number of aromatic hydroxyl groups is 1. The molecule has 0 saturated heterocycles. The molecule has 0 fully saturated rings. The minimum absolute atomic E-state index is 0.329. The number of phenols is 1. The van der Waals surface area contributed by atoms with Crippen LogP contribution in [0.3, 0.4) is 0 Å². The van der Waals surface area contributed by atoms with Crippen molar-refractivity contribution in [2.24, 2.45) is 0 Å². The molecule has 1 N–H and O–H groups in total. The maximum atomic E-state index is 9.61. The molecular formula is C10H13BO. The van der Waals surface area contributed by atoms with E-state index in [4.69, 9.17) is 7.85 Å². The van der Waals surface area contributed by atoms with E-state index in [-0.39, 0.29) is 0 Å². The van der Waals surface area contributed by atoms with Crippen molar-refractivity contribution in [2.75, 3.05) is 0 Å². The van der Waals surface area contributed by atoms with E-state index in [9.17, 15) is 5.11 Å². The van der Waals surface area contributed by atoms with E-state index in [0.29, 0.717) is 11.2 Å². The summed E-state index contributed by atoms with van der Waals surface area (Å²) in [6, 6.07) is 0. The van der Waals surface area contributed by atoms with Gasteiger partial charge in [0.05, 0.1) is 0 Å². The van der Waals surface area contributed by atoms with E-state index in [2.05, 4.69) is 0 Å². The molecule has 0 amide bonds. The van der Waals surface area contributed by atoms with Gasteiger partial charge in [-0.2, -0.15) is 0 Å². The highest BCUT2D eigenvalue weighted by atomic mass is 16.3. The Morgan fingerprint density at radius 1 is 0.833 bits per heavy atom. The lowest BCUT2D eigenvalue weighted by molar-refractivity contribution is 0.467. The minimum atomic E-state index is 0.329. The Labute approximate surface area is 74.8 Å². The van der Waals surface area contributed by atoms with Crippen LogP contribution in [0.25, 0.3) is 0 Å². The van der Waals surface area contributed by atoms with Crippen LogP contribution in [0, 0.1) is 27.7 Å². The van der Waals surface area contributed by atoms with E-state index in [1.807, 2.05) is 27.7 Å². The fourth-order valence-corrected chi connectivity index (χ4v) is 1.35. The largest absolute Gasteiger partial charge is 0.507 e. The van der Waals surface area contributed by atoms with Crippen LogP contribution in [-0.4, -0.2) is 13.0 Å². The molecule has 62 valence electrons. The Morgan fingerprint density at radius 3 is 1.83 bits per heavy atom. The zero-order chi connectivity index (χ0) is 9.46. The summed E-state index contributed by atoms with van der Waals surface area (Å²) in [5, 5.41) is 9.61. The lowest BCUT2D eigenvalue weighted by Gasteiger charge is -2.14. The third-order valence-corrected chi connectivity index (χ3v) is 2.64. The fourth-order valence-electron chi connectivity index (χ4n) is 1.35. The summed E-state index contributed by atoms with van der Waals surface area (Å²) in [4.78, 5) is 0. The summed E-state index contributed by atoms with van der Waals surface area (Å²) in [5.41, 5.74) is 4.57. The highest BCUT2D eigenvalue weighted by molar-refractivity contribution is 6.34. The molecule has 0 aliphatic carbocycles. The molecule has 2 radical (unpaired) electrons. The quantitative estimate of drug-likeness (QED) is 0.569. The molecule has 1 aromatic carbocycles. The summed E-state index contributed by atoms with van der Waals surface area (Å²) in [7, 11) is 5.79. The van der Waals surface area contributed by atoms with Gasteiger partial charge in [-0.3, -0.25) is 0 Å². The van der Waals surface area contributed by atoms with E-state index in [1.165, 1.54) is 0 Å². The lowest BCUT2D eigenvalue weighted by atomic mass is 9.82. The van der Waals surface area contributed by atoms with Crippen LogP contribution in [0.2, 0.25) is 0 Å². The van der Waals surface area contributed by atoms with Gasteiger partial charge in [-0.05, 0) is 44.4 Å². The van der Waals surface area contributed by atoms with Gasteiger partial charge in [0.1, 0.15) is 13.6 Å². The second-order valence-corrected chi connectivity index (χ2v) is 3.26. The predicted molar refractivity (Wildman–Crippen MR) is 52.4 cm³/mol. The second-order valence-electron chi connectivity index (χ2n) is 3.26. The Balaban J connectivity index is 3.60. The lowest BCUT2D eigenvalue weighted by Crippen LogP contribution is -2.14. The Hall–Kier alpha value is -0.915. The van der Waals surface area contributed by atoms with Gasteiger partial charge < -0.3 is 5.11 Å². The molecule has 1 rings (SSSR count). The molecular weight excluding hydrogens is 147 g/mol. The molecule has 1 aromatic rings. The van der Waals surface area contributed by atoms with Gasteiger partial charge in [-0.1, -0.05) is 11.0 Å². The van der Waals surface area contributed by atoms with Gasteiger partial charge in [0.25, 0.3) is 0 Å². The third-order valence-electron chi connectivity index (χ3n) is 2.64. The first-order valence-electron chi connectivity index (χ1n) is 4.01. The first-order chi connectivity index (χ1) is 5.46. The van der Waals surface area contributed by atoms with Crippen molar-refractivity contribution in [3.8, 4) is 5.75 Å². The zero-order valence-corrected chi connectivity index (χ0v) is 8.02. The van der Waals surface area contributed by atoms with Crippen molar-refractivity contribution < 1.29 is 5.11 Å². The first kappa shape index (κ1) is 9.18. The van der Waals surface area contributed by atoms with E-state index in [0.717, 1.165) is 22.3 Å². The van der Waals surface area contributed by atoms with Gasteiger partial charge in [0.2, 0.25) is 0 Å². The molecule has 1 nitrogen and oxygen atoms in total. The smallest absolute Gasteiger partial charge is 0.121 e. The predicted octanol–water partition coefficient (Wildman–Crippen LogP) is 1.42. The number of benzene rings is 1. The van der Waals surface area contributed by atoms with Crippen molar-refractivity contribution in [2.45, 2.75) is 27.7 Å². The standard InChI is InChI=1S/C10H13BO/c1-5-6(2)9(11)8(4)10(12)7(5)3/h12H,1-4H3. The Bertz CT molecular complexity index is 224. The third kappa shape index (κ3) is 1.11. The van der Waals surface area contributed by atoms with Gasteiger partial charge in [0, 0.05) is 0 Å². The van der Waals surface area contributed by atoms with Gasteiger partial charge in [-0.15, -0.1) is 0 Å². The summed E-state index contributed by atoms with van der Waals surface area (Å²) < 4.78 is 0. The Morgan fingerprint density at radius 2 is 1.33 bits per heavy atom. The van der Waals surface area contributed by atoms with E-state index in [1.54, 1.807) is 0 Å². The SMILES string of the molecule is [B]c1c(C)c(C)c(C)c(O)c1C. The molecule has 0 aliphatic heterocycles. The van der Waals surface area contributed by atoms with Crippen LogP contribution >= 0.6 is 0 Å². The van der Waals surface area contributed by atoms with Gasteiger partial charge in [-0.25, -0.2) is 0 Å². The van der Waals surface area contributed by atoms with Crippen LogP contribution in [0.5, 0.6) is 5.75 Å². The molecule has 0 heterocycles. The summed E-state index contributed by atoms with van der Waals surface area (Å²) in [6.07, 6.45) is 0. The van der Waals surface area contributed by atoms with Crippen LogP contribution in [0.4, 0.5) is 0 Å². The van der Waals surface area contributed by atoms with Crippen LogP contribution in [0.15, 0.2) is 0 Å². The summed E-state index contributed by atoms with van der Waals surface area (Å²) in [5.74, 6) is 0.329. The minimum Gasteiger partial charge on any atom is -0.507 e. The van der Waals surface area contributed by atoms with Crippen molar-refractivity contribution in [1.29, 1.82) is 0 Å². The van der Waals surface area contributed by atoms with E-state index >= 15 is 0 Å². The Kier molecular flexibility index (Phi) is 2.18. The second kappa shape index (κ2) is 2.85. The molecule has 0 aromatic heterocycles. The van der Waals surface area contributed by atoms with Crippen LogP contribution < -0.4 is 5.46 Å². The number of rotatable bonds is 0. The molecule has 12 heavy (non-hydrogen) atoms. The number of phenolic OH excluding ortho intramolecular Hbond substituents is 1. The maximum absolute atomic E-state index is 9.61. The van der Waals surface area contributed by atoms with Gasteiger partial charge in [0.15, 0.2) is 0 Å². The monoisotopic (exact) mass is 160 g/mol. The molecule has 0 saturated carbocycles. The highest BCUT2D eigenvalue weighted by Crippen LogP contribution is 2.24. The topological polar surface area (TPSA) is 20.2 Å². The summed E-state index contributed by atoms with van der Waals surface area (Å²) >= 11 is 0. The molecule has 0 spiro atoms. The molecule has 0 aliphatic rings. The first-order valence-corrected chi connectivity index (χ1v) is 4.01. The van der Waals surface area contributed by atoms with Crippen molar-refractivity contribution in [3.63, 3.8) is 0 Å². The molecule has 0 atom stereocenters. The fraction of sp³-hybridized carbons (Fsp3) is 0.400. The van der Waals surface area contributed by atoms with Crippen molar-refractivity contribution in [1.82, 2.24) is 0 Å². The average molecular weight is 160 g/mol. The number of hydrogen-bond donors (Lipinski definition) is 1. The number of hydrogen-bond acceptors (Lipinski definition) is 1. The molecule has 0 unspecified atom stereocenters. The van der Waals surface area contributed by atoms with Crippen molar-refractivity contribution >= 4 is 13.3 Å². The van der Waals surface area contributed by atoms with Gasteiger partial charge >= 0.3 is 0 Å². The average Bonchev–Trinajstić information content (AvgIpc) is 2.08. The molecule has 0 bridgehead atoms. The maximum Gasteiger partial charge on any atom is 0.121 e. The van der Waals surface area contributed by atoms with E-state index < -0.39 is 0 Å². The highest BCUT2D eigenvalue weighted by Gasteiger charge is 2.09. The summed E-state index contributed by atoms with van der Waals surface area (Å²) in [6.45, 7) is 7.69.